The largest absolute Gasteiger partial charge is 0.497 e. The van der Waals surface area contributed by atoms with Gasteiger partial charge < -0.3 is 14.6 Å². The number of methoxy groups -OCH3 is 1. The molecule has 0 saturated carbocycles. The Kier molecular flexibility index (Phi) is 7.30. The van der Waals surface area contributed by atoms with Gasteiger partial charge in [-0.15, -0.1) is 10.2 Å². The summed E-state index contributed by atoms with van der Waals surface area (Å²) in [5.41, 5.74) is 2.22. The smallest absolute Gasteiger partial charge is 0.233 e. The quantitative estimate of drug-likeness (QED) is 0.545. The van der Waals surface area contributed by atoms with Crippen molar-refractivity contribution in [1.29, 1.82) is 0 Å². The van der Waals surface area contributed by atoms with Gasteiger partial charge in [-0.25, -0.2) is 0 Å². The number of carbonyl (C=O) groups excluding carboxylic acids is 1. The number of aromatic nitrogens is 3. The van der Waals surface area contributed by atoms with Crippen molar-refractivity contribution in [1.82, 2.24) is 20.1 Å². The minimum absolute atomic E-state index is 0.0268. The molecule has 0 bridgehead atoms. The molecule has 7 heteroatoms. The van der Waals surface area contributed by atoms with Crippen LogP contribution in [-0.4, -0.2) is 33.0 Å². The van der Waals surface area contributed by atoms with Gasteiger partial charge in [0, 0.05) is 19.5 Å². The molecule has 1 amide bonds. The Labute approximate surface area is 175 Å². The SMILES string of the molecule is CCn1c(Cc2ccccc2)nnc1S[C@H](C)C(=O)NCc1ccc(OC)cc1. The summed E-state index contributed by atoms with van der Waals surface area (Å²) in [6, 6.07) is 17.9. The average Bonchev–Trinajstić information content (AvgIpc) is 3.13. The predicted octanol–water partition coefficient (Wildman–Crippen LogP) is 3.69. The lowest BCUT2D eigenvalue weighted by atomic mass is 10.1. The fourth-order valence-corrected chi connectivity index (χ4v) is 3.88. The van der Waals surface area contributed by atoms with E-state index in [9.17, 15) is 4.79 Å². The number of amides is 1. The number of carbonyl (C=O) groups is 1. The Hall–Kier alpha value is -2.80. The topological polar surface area (TPSA) is 69.0 Å². The molecule has 1 N–H and O–H groups in total. The lowest BCUT2D eigenvalue weighted by molar-refractivity contribution is -0.120. The molecule has 0 unspecified atom stereocenters. The van der Waals surface area contributed by atoms with Crippen LogP contribution in [0.25, 0.3) is 0 Å². The summed E-state index contributed by atoms with van der Waals surface area (Å²) in [5, 5.41) is 12.2. The van der Waals surface area contributed by atoms with Crippen molar-refractivity contribution in [2.45, 2.75) is 43.8 Å². The molecule has 29 heavy (non-hydrogen) atoms. The predicted molar refractivity (Wildman–Crippen MR) is 115 cm³/mol. The van der Waals surface area contributed by atoms with Crippen LogP contribution in [0.3, 0.4) is 0 Å². The summed E-state index contributed by atoms with van der Waals surface area (Å²) in [7, 11) is 1.63. The van der Waals surface area contributed by atoms with Crippen LogP contribution in [0.15, 0.2) is 59.8 Å². The first-order chi connectivity index (χ1) is 14.1. The van der Waals surface area contributed by atoms with E-state index in [1.54, 1.807) is 7.11 Å². The molecule has 1 heterocycles. The lowest BCUT2D eigenvalue weighted by Gasteiger charge is -2.13. The van der Waals surface area contributed by atoms with E-state index in [1.165, 1.54) is 17.3 Å². The molecule has 0 fully saturated rings. The standard InChI is InChI=1S/C22H26N4O2S/c1-4-26-20(14-17-8-6-5-7-9-17)24-25-22(26)29-16(2)21(27)23-15-18-10-12-19(28-3)13-11-18/h5-13,16H,4,14-15H2,1-3H3,(H,23,27)/t16-/m1/s1. The monoisotopic (exact) mass is 410 g/mol. The summed E-state index contributed by atoms with van der Waals surface area (Å²) in [6.07, 6.45) is 0.723. The summed E-state index contributed by atoms with van der Waals surface area (Å²) in [4.78, 5) is 12.5. The van der Waals surface area contributed by atoms with E-state index in [0.717, 1.165) is 35.3 Å². The van der Waals surface area contributed by atoms with Crippen molar-refractivity contribution in [3.05, 3.63) is 71.5 Å². The molecule has 3 rings (SSSR count). The Morgan fingerprint density at radius 2 is 1.83 bits per heavy atom. The van der Waals surface area contributed by atoms with Gasteiger partial charge in [0.05, 0.1) is 12.4 Å². The van der Waals surface area contributed by atoms with E-state index in [-0.39, 0.29) is 11.2 Å². The highest BCUT2D eigenvalue weighted by molar-refractivity contribution is 8.00. The summed E-state index contributed by atoms with van der Waals surface area (Å²) in [5.74, 6) is 1.68. The molecule has 2 aromatic carbocycles. The van der Waals surface area contributed by atoms with Gasteiger partial charge in [-0.3, -0.25) is 4.79 Å². The molecule has 152 valence electrons. The van der Waals surface area contributed by atoms with Gasteiger partial charge in [-0.1, -0.05) is 54.2 Å². The number of ether oxygens (including phenoxy) is 1. The molecule has 0 saturated heterocycles. The van der Waals surface area contributed by atoms with Gasteiger partial charge in [-0.05, 0) is 37.1 Å². The maximum Gasteiger partial charge on any atom is 0.233 e. The van der Waals surface area contributed by atoms with E-state index in [1.807, 2.05) is 49.4 Å². The molecule has 0 aliphatic heterocycles. The van der Waals surface area contributed by atoms with Gasteiger partial charge in [-0.2, -0.15) is 0 Å². The second-order valence-electron chi connectivity index (χ2n) is 6.63. The van der Waals surface area contributed by atoms with Crippen molar-refractivity contribution in [2.24, 2.45) is 0 Å². The van der Waals surface area contributed by atoms with Crippen molar-refractivity contribution in [2.75, 3.05) is 7.11 Å². The zero-order valence-corrected chi connectivity index (χ0v) is 17.8. The molecular weight excluding hydrogens is 384 g/mol. The molecule has 3 aromatic rings. The molecule has 6 nitrogen and oxygen atoms in total. The minimum atomic E-state index is -0.271. The number of hydrogen-bond acceptors (Lipinski definition) is 5. The highest BCUT2D eigenvalue weighted by Gasteiger charge is 2.19. The van der Waals surface area contributed by atoms with Gasteiger partial charge in [0.25, 0.3) is 0 Å². The van der Waals surface area contributed by atoms with Gasteiger partial charge in [0.1, 0.15) is 11.6 Å². The third-order valence-corrected chi connectivity index (χ3v) is 5.67. The highest BCUT2D eigenvalue weighted by atomic mass is 32.2. The summed E-state index contributed by atoms with van der Waals surface area (Å²) >= 11 is 1.43. The van der Waals surface area contributed by atoms with Crippen molar-refractivity contribution >= 4 is 17.7 Å². The molecule has 1 aromatic heterocycles. The first kappa shape index (κ1) is 20.9. The average molecular weight is 411 g/mol. The second-order valence-corrected chi connectivity index (χ2v) is 7.94. The molecule has 0 radical (unpaired) electrons. The van der Waals surface area contributed by atoms with Crippen molar-refractivity contribution in [3.63, 3.8) is 0 Å². The van der Waals surface area contributed by atoms with Crippen LogP contribution in [-0.2, 0) is 24.3 Å². The van der Waals surface area contributed by atoms with Crippen LogP contribution in [0, 0.1) is 0 Å². The van der Waals surface area contributed by atoms with Gasteiger partial charge >= 0.3 is 0 Å². The maximum absolute atomic E-state index is 12.5. The fraction of sp³-hybridized carbons (Fsp3) is 0.318. The number of hydrogen-bond donors (Lipinski definition) is 1. The van der Waals surface area contributed by atoms with E-state index >= 15 is 0 Å². The first-order valence-electron chi connectivity index (χ1n) is 9.64. The summed E-state index contributed by atoms with van der Waals surface area (Å²) in [6.45, 7) is 5.20. The Morgan fingerprint density at radius 1 is 1.10 bits per heavy atom. The Bertz CT molecular complexity index is 926. The second kappa shape index (κ2) is 10.1. The van der Waals surface area contributed by atoms with Crippen LogP contribution < -0.4 is 10.1 Å². The normalized spacial score (nSPS) is 11.8. The van der Waals surface area contributed by atoms with Crippen LogP contribution >= 0.6 is 11.8 Å². The first-order valence-corrected chi connectivity index (χ1v) is 10.5. The molecule has 1 atom stereocenters. The number of nitrogens with one attached hydrogen (secondary N) is 1. The minimum Gasteiger partial charge on any atom is -0.497 e. The van der Waals surface area contributed by atoms with E-state index < -0.39 is 0 Å². The van der Waals surface area contributed by atoms with E-state index in [2.05, 4.69) is 39.1 Å². The zero-order valence-electron chi connectivity index (χ0n) is 17.0. The molecule has 0 spiro atoms. The van der Waals surface area contributed by atoms with Crippen LogP contribution in [0.4, 0.5) is 0 Å². The number of benzene rings is 2. The summed E-state index contributed by atoms with van der Waals surface area (Å²) < 4.78 is 7.23. The van der Waals surface area contributed by atoms with Crippen molar-refractivity contribution in [3.8, 4) is 5.75 Å². The highest BCUT2D eigenvalue weighted by Crippen LogP contribution is 2.23. The molecule has 0 aliphatic rings. The van der Waals surface area contributed by atoms with Gasteiger partial charge in [0.15, 0.2) is 5.16 Å². The van der Waals surface area contributed by atoms with Crippen molar-refractivity contribution < 1.29 is 9.53 Å². The molecular formula is C22H26N4O2S. The maximum atomic E-state index is 12.5. The zero-order chi connectivity index (χ0) is 20.6. The van der Waals surface area contributed by atoms with Crippen LogP contribution in [0.1, 0.15) is 30.8 Å². The number of rotatable bonds is 9. The third-order valence-electron chi connectivity index (χ3n) is 4.59. The van der Waals surface area contributed by atoms with Crippen LogP contribution in [0.2, 0.25) is 0 Å². The number of nitrogens with zero attached hydrogens (tertiary/aromatic N) is 3. The van der Waals surface area contributed by atoms with E-state index in [4.69, 9.17) is 4.74 Å². The van der Waals surface area contributed by atoms with E-state index in [0.29, 0.717) is 6.54 Å². The lowest BCUT2D eigenvalue weighted by Crippen LogP contribution is -2.30. The Balaban J connectivity index is 1.59. The number of thioether (sulfide) groups is 1. The Morgan fingerprint density at radius 3 is 2.48 bits per heavy atom. The van der Waals surface area contributed by atoms with Gasteiger partial charge in [0.2, 0.25) is 5.91 Å². The van der Waals surface area contributed by atoms with Crippen LogP contribution in [0.5, 0.6) is 5.75 Å². The third kappa shape index (κ3) is 5.60. The fourth-order valence-electron chi connectivity index (χ4n) is 2.92. The molecule has 0 aliphatic carbocycles.